The smallest absolute Gasteiger partial charge is 0.264 e. The second-order valence-corrected chi connectivity index (χ2v) is 8.32. The molecule has 0 spiro atoms. The van der Waals surface area contributed by atoms with Crippen LogP contribution < -0.4 is 9.64 Å². The summed E-state index contributed by atoms with van der Waals surface area (Å²) in [6, 6.07) is 10.0. The zero-order chi connectivity index (χ0) is 18.4. The number of thiazole rings is 1. The molecular weight excluding hydrogens is 380 g/mol. The van der Waals surface area contributed by atoms with E-state index in [9.17, 15) is 4.79 Å². The fraction of sp³-hybridized carbons (Fsp3) is 0.263. The first kappa shape index (κ1) is 16.6. The number of imidazole rings is 1. The lowest BCUT2D eigenvalue weighted by molar-refractivity contribution is 0.0751. The molecule has 1 amide bonds. The Balaban J connectivity index is 1.33. The van der Waals surface area contributed by atoms with Crippen molar-refractivity contribution in [1.29, 1.82) is 0 Å². The van der Waals surface area contributed by atoms with Gasteiger partial charge < -0.3 is 14.5 Å². The number of methoxy groups -OCH3 is 1. The minimum absolute atomic E-state index is 0.0988. The number of thiophene rings is 1. The van der Waals surface area contributed by atoms with E-state index in [1.165, 1.54) is 11.3 Å². The van der Waals surface area contributed by atoms with E-state index in [2.05, 4.69) is 16.0 Å². The summed E-state index contributed by atoms with van der Waals surface area (Å²) < 4.78 is 7.51. The number of fused-ring (bicyclic) bond motifs is 3. The molecule has 0 N–H and O–H groups in total. The number of carbonyl (C=O) groups excluding carboxylic acids is 1. The maximum atomic E-state index is 13.0. The Labute approximate surface area is 164 Å². The third kappa shape index (κ3) is 2.76. The van der Waals surface area contributed by atoms with Crippen LogP contribution in [0.15, 0.2) is 41.9 Å². The molecule has 3 aromatic heterocycles. The van der Waals surface area contributed by atoms with Crippen molar-refractivity contribution < 1.29 is 9.53 Å². The SMILES string of the molecule is COc1ccccc1N1CCN(C(=O)c2cc3c(nc4sccn43)s2)CC1. The molecule has 4 aromatic rings. The molecule has 0 radical (unpaired) electrons. The van der Waals surface area contributed by atoms with Gasteiger partial charge in [0.1, 0.15) is 10.6 Å². The number of rotatable bonds is 3. The Bertz CT molecular complexity index is 1120. The fourth-order valence-electron chi connectivity index (χ4n) is 3.55. The largest absolute Gasteiger partial charge is 0.495 e. The molecule has 0 saturated carbocycles. The van der Waals surface area contributed by atoms with Gasteiger partial charge in [-0.2, -0.15) is 0 Å². The molecule has 0 bridgehead atoms. The van der Waals surface area contributed by atoms with Crippen molar-refractivity contribution in [2.45, 2.75) is 0 Å². The van der Waals surface area contributed by atoms with Gasteiger partial charge in [0.25, 0.3) is 5.91 Å². The van der Waals surface area contributed by atoms with Crippen LogP contribution in [0.2, 0.25) is 0 Å². The number of para-hydroxylation sites is 2. The maximum Gasteiger partial charge on any atom is 0.264 e. The highest BCUT2D eigenvalue weighted by Crippen LogP contribution is 2.31. The average Bonchev–Trinajstić information content (AvgIpc) is 3.40. The van der Waals surface area contributed by atoms with Crippen molar-refractivity contribution in [3.05, 3.63) is 46.8 Å². The summed E-state index contributed by atoms with van der Waals surface area (Å²) in [5.41, 5.74) is 2.11. The molecule has 5 rings (SSSR count). The molecule has 1 fully saturated rings. The van der Waals surface area contributed by atoms with Crippen LogP contribution in [-0.2, 0) is 0 Å². The highest BCUT2D eigenvalue weighted by Gasteiger charge is 2.25. The third-order valence-electron chi connectivity index (χ3n) is 4.94. The van der Waals surface area contributed by atoms with Crippen LogP contribution in [0.1, 0.15) is 9.67 Å². The van der Waals surface area contributed by atoms with E-state index in [4.69, 9.17) is 4.74 Å². The van der Waals surface area contributed by atoms with E-state index < -0.39 is 0 Å². The van der Waals surface area contributed by atoms with Crippen molar-refractivity contribution in [1.82, 2.24) is 14.3 Å². The lowest BCUT2D eigenvalue weighted by Crippen LogP contribution is -2.48. The second-order valence-electron chi connectivity index (χ2n) is 6.42. The van der Waals surface area contributed by atoms with Crippen LogP contribution in [0.3, 0.4) is 0 Å². The van der Waals surface area contributed by atoms with E-state index in [-0.39, 0.29) is 5.91 Å². The number of benzene rings is 1. The van der Waals surface area contributed by atoms with Gasteiger partial charge in [-0.1, -0.05) is 12.1 Å². The number of hydrogen-bond acceptors (Lipinski definition) is 6. The van der Waals surface area contributed by atoms with E-state index in [0.717, 1.165) is 44.7 Å². The summed E-state index contributed by atoms with van der Waals surface area (Å²) in [5.74, 6) is 0.971. The van der Waals surface area contributed by atoms with Gasteiger partial charge in [0.2, 0.25) is 0 Å². The number of anilines is 1. The summed E-state index contributed by atoms with van der Waals surface area (Å²) in [5, 5.41) is 2.01. The standard InChI is InChI=1S/C19H18N4O2S2/c1-25-15-5-3-2-4-13(15)21-6-8-22(9-7-21)18(24)16-12-14-17(27-16)20-19-23(14)10-11-26-19/h2-5,10-12H,6-9H2,1H3. The topological polar surface area (TPSA) is 50.1 Å². The van der Waals surface area contributed by atoms with Gasteiger partial charge in [0.15, 0.2) is 4.96 Å². The average molecular weight is 399 g/mol. The molecule has 1 aliphatic rings. The first-order valence-corrected chi connectivity index (χ1v) is 10.5. The highest BCUT2D eigenvalue weighted by atomic mass is 32.1. The molecule has 4 heterocycles. The molecular formula is C19H18N4O2S2. The van der Waals surface area contributed by atoms with Gasteiger partial charge in [-0.25, -0.2) is 4.98 Å². The number of amides is 1. The van der Waals surface area contributed by atoms with Gasteiger partial charge in [0.05, 0.1) is 23.2 Å². The monoisotopic (exact) mass is 398 g/mol. The number of carbonyl (C=O) groups is 1. The minimum Gasteiger partial charge on any atom is -0.495 e. The van der Waals surface area contributed by atoms with Crippen molar-refractivity contribution in [3.63, 3.8) is 0 Å². The predicted octanol–water partition coefficient (Wildman–Crippen LogP) is 3.58. The molecule has 1 saturated heterocycles. The first-order chi connectivity index (χ1) is 13.2. The Morgan fingerprint density at radius 2 is 2.00 bits per heavy atom. The van der Waals surface area contributed by atoms with Crippen molar-refractivity contribution in [2.75, 3.05) is 38.2 Å². The summed E-state index contributed by atoms with van der Waals surface area (Å²) in [6.07, 6.45) is 2.00. The van der Waals surface area contributed by atoms with Gasteiger partial charge >= 0.3 is 0 Å². The van der Waals surface area contributed by atoms with Crippen LogP contribution in [-0.4, -0.2) is 53.5 Å². The number of ether oxygens (including phenoxy) is 1. The molecule has 6 nitrogen and oxygen atoms in total. The Morgan fingerprint density at radius 1 is 1.19 bits per heavy atom. The molecule has 27 heavy (non-hydrogen) atoms. The van der Waals surface area contributed by atoms with Crippen LogP contribution in [0.4, 0.5) is 5.69 Å². The minimum atomic E-state index is 0.0988. The fourth-order valence-corrected chi connectivity index (χ4v) is 5.32. The highest BCUT2D eigenvalue weighted by molar-refractivity contribution is 7.21. The van der Waals surface area contributed by atoms with Crippen molar-refractivity contribution in [2.24, 2.45) is 0 Å². The summed E-state index contributed by atoms with van der Waals surface area (Å²) in [4.78, 5) is 24.4. The molecule has 0 unspecified atom stereocenters. The molecule has 8 heteroatoms. The Kier molecular flexibility index (Phi) is 4.02. The van der Waals surface area contributed by atoms with Crippen molar-refractivity contribution >= 4 is 49.6 Å². The van der Waals surface area contributed by atoms with Crippen LogP contribution in [0.5, 0.6) is 5.75 Å². The van der Waals surface area contributed by atoms with Crippen LogP contribution >= 0.6 is 22.7 Å². The maximum absolute atomic E-state index is 13.0. The summed E-state index contributed by atoms with van der Waals surface area (Å²) in [7, 11) is 1.69. The van der Waals surface area contributed by atoms with Gasteiger partial charge in [-0.15, -0.1) is 22.7 Å². The van der Waals surface area contributed by atoms with Gasteiger partial charge in [0, 0.05) is 37.8 Å². The van der Waals surface area contributed by atoms with Crippen LogP contribution in [0.25, 0.3) is 15.3 Å². The molecule has 0 atom stereocenters. The quantitative estimate of drug-likeness (QED) is 0.529. The predicted molar refractivity (Wildman–Crippen MR) is 110 cm³/mol. The van der Waals surface area contributed by atoms with Gasteiger partial charge in [-0.3, -0.25) is 9.20 Å². The zero-order valence-electron chi connectivity index (χ0n) is 14.8. The number of hydrogen-bond donors (Lipinski definition) is 0. The summed E-state index contributed by atoms with van der Waals surface area (Å²) >= 11 is 3.09. The lowest BCUT2D eigenvalue weighted by Gasteiger charge is -2.36. The van der Waals surface area contributed by atoms with E-state index >= 15 is 0 Å². The van der Waals surface area contributed by atoms with E-state index in [1.54, 1.807) is 18.4 Å². The number of piperazine rings is 1. The molecule has 0 aliphatic carbocycles. The number of nitrogens with zero attached hydrogens (tertiary/aromatic N) is 4. The molecule has 138 valence electrons. The number of aromatic nitrogens is 2. The van der Waals surface area contributed by atoms with Crippen molar-refractivity contribution in [3.8, 4) is 5.75 Å². The molecule has 1 aliphatic heterocycles. The summed E-state index contributed by atoms with van der Waals surface area (Å²) in [6.45, 7) is 3.00. The first-order valence-electron chi connectivity index (χ1n) is 8.77. The van der Waals surface area contributed by atoms with E-state index in [1.807, 2.05) is 45.1 Å². The van der Waals surface area contributed by atoms with Crippen LogP contribution in [0, 0.1) is 0 Å². The Hall–Kier alpha value is -2.58. The second kappa shape index (κ2) is 6.54. The van der Waals surface area contributed by atoms with Gasteiger partial charge in [-0.05, 0) is 18.2 Å². The normalized spacial score (nSPS) is 15.0. The zero-order valence-corrected chi connectivity index (χ0v) is 16.4. The molecule has 1 aromatic carbocycles. The third-order valence-corrected chi connectivity index (χ3v) is 6.71. The van der Waals surface area contributed by atoms with E-state index in [0.29, 0.717) is 13.1 Å². The lowest BCUT2D eigenvalue weighted by atomic mass is 10.2. The Morgan fingerprint density at radius 3 is 2.81 bits per heavy atom.